The fourth-order valence-electron chi connectivity index (χ4n) is 10.1. The van der Waals surface area contributed by atoms with Crippen LogP contribution >= 0.6 is 0 Å². The molecule has 36 heavy (non-hydrogen) atoms. The Morgan fingerprint density at radius 3 is 2.25 bits per heavy atom. The molecule has 0 amide bonds. The molecule has 0 aliphatic heterocycles. The molecule has 0 aromatic rings. The zero-order valence-electron chi connectivity index (χ0n) is 23.4. The zero-order valence-corrected chi connectivity index (χ0v) is 23.4. The minimum Gasteiger partial charge on any atom is -0.481 e. The first-order valence-electron chi connectivity index (χ1n) is 14.0. The van der Waals surface area contributed by atoms with Crippen molar-refractivity contribution in [2.75, 3.05) is 6.79 Å². The average molecular weight is 499 g/mol. The van der Waals surface area contributed by atoms with Gasteiger partial charge in [0.05, 0.1) is 11.5 Å². The maximum Gasteiger partial charge on any atom is 0.313 e. The van der Waals surface area contributed by atoms with E-state index in [9.17, 15) is 19.8 Å². The second-order valence-electron chi connectivity index (χ2n) is 14.7. The Labute approximate surface area is 216 Å². The maximum atomic E-state index is 14.3. The van der Waals surface area contributed by atoms with Crippen molar-refractivity contribution >= 4 is 11.8 Å². The molecule has 0 bridgehead atoms. The van der Waals surface area contributed by atoms with E-state index >= 15 is 0 Å². The lowest BCUT2D eigenvalue weighted by Crippen LogP contribution is -2.66. The van der Waals surface area contributed by atoms with Gasteiger partial charge in [0.15, 0.2) is 5.78 Å². The van der Waals surface area contributed by atoms with Crippen molar-refractivity contribution in [3.05, 3.63) is 23.3 Å². The number of carboxylic acid groups (broad SMARTS) is 1. The van der Waals surface area contributed by atoms with Crippen LogP contribution in [-0.2, 0) is 14.3 Å². The number of aliphatic carboxylic acids is 1. The first kappa shape index (κ1) is 26.2. The molecule has 0 heterocycles. The third-order valence-electron chi connectivity index (χ3n) is 12.7. The monoisotopic (exact) mass is 498 g/mol. The lowest BCUT2D eigenvalue weighted by Gasteiger charge is -2.69. The third-order valence-corrected chi connectivity index (χ3v) is 12.7. The molecule has 0 radical (unpaired) electrons. The first-order chi connectivity index (χ1) is 16.6. The van der Waals surface area contributed by atoms with Crippen molar-refractivity contribution in [3.63, 3.8) is 0 Å². The number of ether oxygens (including phenoxy) is 1. The van der Waals surface area contributed by atoms with Crippen molar-refractivity contribution in [1.82, 2.24) is 0 Å². The summed E-state index contributed by atoms with van der Waals surface area (Å²) >= 11 is 0. The molecule has 5 aliphatic rings. The molecule has 0 aromatic heterocycles. The van der Waals surface area contributed by atoms with E-state index in [-0.39, 0.29) is 51.7 Å². The minimum atomic E-state index is -0.881. The van der Waals surface area contributed by atoms with E-state index in [0.717, 1.165) is 56.1 Å². The quantitative estimate of drug-likeness (QED) is 0.446. The van der Waals surface area contributed by atoms with E-state index in [1.165, 1.54) is 0 Å². The largest absolute Gasteiger partial charge is 0.481 e. The molecule has 5 nitrogen and oxygen atoms in total. The van der Waals surface area contributed by atoms with Crippen molar-refractivity contribution in [2.45, 2.75) is 106 Å². The number of aliphatic hydroxyl groups excluding tert-OH is 1. The second kappa shape index (κ2) is 7.79. The summed E-state index contributed by atoms with van der Waals surface area (Å²) in [4.78, 5) is 26.5. The lowest BCUT2D eigenvalue weighted by molar-refractivity contribution is -0.215. The average Bonchev–Trinajstić information content (AvgIpc) is 2.78. The number of fused-ring (bicyclic) bond motifs is 7. The summed E-state index contributed by atoms with van der Waals surface area (Å²) in [5, 5.41) is 19.5. The fourth-order valence-corrected chi connectivity index (χ4v) is 10.1. The zero-order chi connectivity index (χ0) is 26.5. The van der Waals surface area contributed by atoms with E-state index in [1.54, 1.807) is 0 Å². The molecule has 200 valence electrons. The van der Waals surface area contributed by atoms with Gasteiger partial charge in [-0.2, -0.15) is 0 Å². The number of aliphatic hydroxyl groups is 1. The Kier molecular flexibility index (Phi) is 5.66. The number of carboxylic acids is 1. The van der Waals surface area contributed by atoms with Crippen LogP contribution in [-0.4, -0.2) is 34.9 Å². The minimum absolute atomic E-state index is 0.00166. The highest BCUT2D eigenvalue weighted by Crippen LogP contribution is 2.74. The van der Waals surface area contributed by atoms with Crippen LogP contribution in [0.15, 0.2) is 23.3 Å². The van der Waals surface area contributed by atoms with E-state index in [0.29, 0.717) is 12.3 Å². The molecule has 0 spiro atoms. The SMILES string of the molecule is CC1(C)[C@@H](OCO)CC[C@@]2(C)[C@@H]1CC[C@]1(C)[C@@H]2C(=O)C=C2C3=C[C@@](C)(C(=O)O)CC[C@]3(C)CC[C@]21C. The second-order valence-corrected chi connectivity index (χ2v) is 14.7. The number of allylic oxidation sites excluding steroid dienone is 3. The highest BCUT2D eigenvalue weighted by molar-refractivity contribution is 5.96. The first-order valence-corrected chi connectivity index (χ1v) is 14.0. The molecule has 2 N–H and O–H groups in total. The van der Waals surface area contributed by atoms with Crippen LogP contribution < -0.4 is 0 Å². The van der Waals surface area contributed by atoms with Gasteiger partial charge in [-0.05, 0) is 109 Å². The van der Waals surface area contributed by atoms with Gasteiger partial charge in [0.25, 0.3) is 0 Å². The summed E-state index contributed by atoms with van der Waals surface area (Å²) in [6.07, 6.45) is 11.4. The molecule has 5 heteroatoms. The molecule has 8 atom stereocenters. The van der Waals surface area contributed by atoms with Crippen LogP contribution in [0.4, 0.5) is 0 Å². The number of rotatable bonds is 3. The summed E-state index contributed by atoms with van der Waals surface area (Å²) < 4.78 is 5.80. The fraction of sp³-hybridized carbons (Fsp3) is 0.806. The van der Waals surface area contributed by atoms with Crippen molar-refractivity contribution < 1.29 is 24.5 Å². The molecule has 3 fully saturated rings. The van der Waals surface area contributed by atoms with Crippen LogP contribution in [0, 0.1) is 44.3 Å². The number of ketones is 1. The summed E-state index contributed by atoms with van der Waals surface area (Å²) in [6.45, 7) is 15.5. The highest BCUT2D eigenvalue weighted by Gasteiger charge is 2.69. The van der Waals surface area contributed by atoms with E-state index in [2.05, 4.69) is 41.5 Å². The molecule has 0 aromatic carbocycles. The Bertz CT molecular complexity index is 1060. The smallest absolute Gasteiger partial charge is 0.313 e. The Hall–Kier alpha value is -1.46. The molecule has 0 unspecified atom stereocenters. The molecule has 0 saturated heterocycles. The molecule has 5 aliphatic carbocycles. The third kappa shape index (κ3) is 3.14. The van der Waals surface area contributed by atoms with Crippen LogP contribution in [0.5, 0.6) is 0 Å². The van der Waals surface area contributed by atoms with Gasteiger partial charge in [0.1, 0.15) is 6.79 Å². The van der Waals surface area contributed by atoms with E-state index < -0.39 is 11.4 Å². The van der Waals surface area contributed by atoms with Gasteiger partial charge in [-0.15, -0.1) is 0 Å². The standard InChI is InChI=1S/C31H46O5/c1-26(2)22-8-11-31(7)24(29(22,5)10-9-23(26)36-18-32)21(33)16-19-20-17-28(4,25(34)35)13-12-27(20,3)14-15-30(19,31)6/h16-17,22-24,32H,8-15,18H2,1-7H3,(H,34,35)/t22-,23+,24-,27-,28+,29+,30-,31-/m1/s1. The number of carbonyl (C=O) groups excluding carboxylic acids is 1. The van der Waals surface area contributed by atoms with E-state index in [4.69, 9.17) is 4.74 Å². The number of carbonyl (C=O) groups is 2. The van der Waals surface area contributed by atoms with Crippen molar-refractivity contribution in [3.8, 4) is 0 Å². The Morgan fingerprint density at radius 1 is 0.944 bits per heavy atom. The number of hydrogen-bond donors (Lipinski definition) is 2. The molecular formula is C31H46O5. The summed E-state index contributed by atoms with van der Waals surface area (Å²) in [5.74, 6) is -0.254. The van der Waals surface area contributed by atoms with E-state index in [1.807, 2.05) is 19.1 Å². The Balaban J connectivity index is 1.63. The predicted molar refractivity (Wildman–Crippen MR) is 139 cm³/mol. The Morgan fingerprint density at radius 2 is 1.61 bits per heavy atom. The van der Waals surface area contributed by atoms with Gasteiger partial charge in [0, 0.05) is 5.92 Å². The van der Waals surface area contributed by atoms with Crippen LogP contribution in [0.2, 0.25) is 0 Å². The van der Waals surface area contributed by atoms with Gasteiger partial charge in [-0.25, -0.2) is 0 Å². The predicted octanol–water partition coefficient (Wildman–Crippen LogP) is 6.31. The van der Waals surface area contributed by atoms with Gasteiger partial charge < -0.3 is 14.9 Å². The van der Waals surface area contributed by atoms with Gasteiger partial charge in [-0.3, -0.25) is 9.59 Å². The van der Waals surface area contributed by atoms with Crippen LogP contribution in [0.3, 0.4) is 0 Å². The van der Waals surface area contributed by atoms with Crippen molar-refractivity contribution in [2.24, 2.45) is 44.3 Å². The summed E-state index contributed by atoms with van der Waals surface area (Å²) in [5.41, 5.74) is 0.719. The highest BCUT2D eigenvalue weighted by atomic mass is 16.6. The maximum absolute atomic E-state index is 14.3. The topological polar surface area (TPSA) is 83.8 Å². The van der Waals surface area contributed by atoms with Gasteiger partial charge >= 0.3 is 5.97 Å². The van der Waals surface area contributed by atoms with Crippen LogP contribution in [0.1, 0.15) is 99.8 Å². The molecular weight excluding hydrogens is 452 g/mol. The normalized spacial score (nSPS) is 49.6. The number of hydrogen-bond acceptors (Lipinski definition) is 4. The van der Waals surface area contributed by atoms with Gasteiger partial charge in [-0.1, -0.05) is 47.6 Å². The molecule has 5 rings (SSSR count). The van der Waals surface area contributed by atoms with Crippen molar-refractivity contribution in [1.29, 1.82) is 0 Å². The van der Waals surface area contributed by atoms with Crippen LogP contribution in [0.25, 0.3) is 0 Å². The molecule has 3 saturated carbocycles. The lowest BCUT2D eigenvalue weighted by atomic mass is 9.34. The van der Waals surface area contributed by atoms with Gasteiger partial charge in [0.2, 0.25) is 0 Å². The summed E-state index contributed by atoms with van der Waals surface area (Å²) in [7, 11) is 0. The summed E-state index contributed by atoms with van der Waals surface area (Å²) in [6, 6.07) is 0.